The van der Waals surface area contributed by atoms with E-state index in [4.69, 9.17) is 4.74 Å². The SMILES string of the molecule is COc1ccc2c(=O)c(C(=O)NCc3ccc(-n4cccn4)nc3)c[nH]c2c1. The summed E-state index contributed by atoms with van der Waals surface area (Å²) in [4.78, 5) is 32.4. The Kier molecular flexibility index (Phi) is 4.59. The molecule has 0 aliphatic carbocycles. The van der Waals surface area contributed by atoms with Gasteiger partial charge < -0.3 is 15.0 Å². The molecular weight excluding hydrogens is 358 g/mol. The number of amides is 1. The van der Waals surface area contributed by atoms with Gasteiger partial charge in [-0.3, -0.25) is 9.59 Å². The Morgan fingerprint density at radius 2 is 2.18 bits per heavy atom. The Hall–Kier alpha value is -3.94. The molecule has 140 valence electrons. The number of rotatable bonds is 5. The minimum atomic E-state index is -0.449. The minimum Gasteiger partial charge on any atom is -0.497 e. The molecule has 8 heteroatoms. The highest BCUT2D eigenvalue weighted by atomic mass is 16.5. The van der Waals surface area contributed by atoms with Crippen LogP contribution in [0.15, 0.2) is 66.0 Å². The maximum absolute atomic E-state index is 12.6. The number of ether oxygens (including phenoxy) is 1. The number of aromatic amines is 1. The van der Waals surface area contributed by atoms with Gasteiger partial charge in [0.2, 0.25) is 5.43 Å². The normalized spacial score (nSPS) is 10.8. The van der Waals surface area contributed by atoms with Gasteiger partial charge in [-0.2, -0.15) is 5.10 Å². The summed E-state index contributed by atoms with van der Waals surface area (Å²) in [6, 6.07) is 10.5. The molecule has 0 fully saturated rings. The molecule has 1 aromatic carbocycles. The number of H-pyrrole nitrogens is 1. The lowest BCUT2D eigenvalue weighted by molar-refractivity contribution is 0.0949. The van der Waals surface area contributed by atoms with Gasteiger partial charge in [0, 0.05) is 42.8 Å². The molecule has 1 amide bonds. The van der Waals surface area contributed by atoms with Crippen molar-refractivity contribution < 1.29 is 9.53 Å². The molecule has 0 spiro atoms. The number of pyridine rings is 2. The molecule has 3 aromatic heterocycles. The molecule has 4 aromatic rings. The Morgan fingerprint density at radius 1 is 1.29 bits per heavy atom. The van der Waals surface area contributed by atoms with E-state index in [0.29, 0.717) is 22.5 Å². The number of benzene rings is 1. The summed E-state index contributed by atoms with van der Waals surface area (Å²) in [5.41, 5.74) is 1.14. The molecular formula is C20H17N5O3. The second-order valence-electron chi connectivity index (χ2n) is 6.10. The Labute approximate surface area is 159 Å². The molecule has 0 saturated heterocycles. The summed E-state index contributed by atoms with van der Waals surface area (Å²) in [5, 5.41) is 7.29. The van der Waals surface area contributed by atoms with Crippen molar-refractivity contribution in [1.29, 1.82) is 0 Å². The summed E-state index contributed by atoms with van der Waals surface area (Å²) in [5.74, 6) is 0.864. The predicted octanol–water partition coefficient (Wildman–Crippen LogP) is 2.05. The van der Waals surface area contributed by atoms with Gasteiger partial charge in [0.15, 0.2) is 5.82 Å². The zero-order valence-electron chi connectivity index (χ0n) is 15.0. The molecule has 0 atom stereocenters. The number of fused-ring (bicyclic) bond motifs is 1. The smallest absolute Gasteiger partial charge is 0.257 e. The first-order valence-corrected chi connectivity index (χ1v) is 8.58. The number of aromatic nitrogens is 4. The number of nitrogens with zero attached hydrogens (tertiary/aromatic N) is 3. The van der Waals surface area contributed by atoms with Crippen LogP contribution in [-0.4, -0.2) is 32.8 Å². The molecule has 0 unspecified atom stereocenters. The van der Waals surface area contributed by atoms with Crippen LogP contribution in [0.2, 0.25) is 0 Å². The fourth-order valence-electron chi connectivity index (χ4n) is 2.84. The van der Waals surface area contributed by atoms with E-state index >= 15 is 0 Å². The number of methoxy groups -OCH3 is 1. The van der Waals surface area contributed by atoms with Crippen LogP contribution in [0.4, 0.5) is 0 Å². The van der Waals surface area contributed by atoms with Crippen molar-refractivity contribution in [3.63, 3.8) is 0 Å². The van der Waals surface area contributed by atoms with E-state index in [0.717, 1.165) is 5.56 Å². The van der Waals surface area contributed by atoms with Gasteiger partial charge in [-0.1, -0.05) is 6.07 Å². The number of nitrogens with one attached hydrogen (secondary N) is 2. The van der Waals surface area contributed by atoms with Gasteiger partial charge in [-0.25, -0.2) is 9.67 Å². The van der Waals surface area contributed by atoms with Gasteiger partial charge >= 0.3 is 0 Å². The van der Waals surface area contributed by atoms with Crippen LogP contribution in [0, 0.1) is 0 Å². The summed E-state index contributed by atoms with van der Waals surface area (Å²) >= 11 is 0. The number of hydrogen-bond donors (Lipinski definition) is 2. The summed E-state index contributed by atoms with van der Waals surface area (Å²) < 4.78 is 6.79. The molecule has 2 N–H and O–H groups in total. The molecule has 0 aliphatic heterocycles. The zero-order chi connectivity index (χ0) is 19.5. The van der Waals surface area contributed by atoms with Crippen LogP contribution in [-0.2, 0) is 6.54 Å². The topological polar surface area (TPSA) is 102 Å². The molecule has 0 radical (unpaired) electrons. The van der Waals surface area contributed by atoms with Crippen LogP contribution in [0.1, 0.15) is 15.9 Å². The van der Waals surface area contributed by atoms with Crippen LogP contribution in [0.3, 0.4) is 0 Å². The van der Waals surface area contributed by atoms with Gasteiger partial charge in [-0.15, -0.1) is 0 Å². The highest BCUT2D eigenvalue weighted by Gasteiger charge is 2.13. The van der Waals surface area contributed by atoms with Gasteiger partial charge in [-0.05, 0) is 29.8 Å². The highest BCUT2D eigenvalue weighted by molar-refractivity contribution is 5.97. The van der Waals surface area contributed by atoms with Crippen molar-refractivity contribution in [2.24, 2.45) is 0 Å². The zero-order valence-corrected chi connectivity index (χ0v) is 15.0. The summed E-state index contributed by atoms with van der Waals surface area (Å²) in [6.07, 6.45) is 6.55. The lowest BCUT2D eigenvalue weighted by Crippen LogP contribution is -2.28. The van der Waals surface area contributed by atoms with E-state index in [1.807, 2.05) is 18.2 Å². The maximum Gasteiger partial charge on any atom is 0.257 e. The van der Waals surface area contributed by atoms with Crippen LogP contribution < -0.4 is 15.5 Å². The third kappa shape index (κ3) is 3.35. The van der Waals surface area contributed by atoms with E-state index < -0.39 is 5.91 Å². The lowest BCUT2D eigenvalue weighted by atomic mass is 10.1. The fraction of sp³-hybridized carbons (Fsp3) is 0.100. The van der Waals surface area contributed by atoms with Crippen LogP contribution in [0.25, 0.3) is 16.7 Å². The first-order chi connectivity index (χ1) is 13.7. The van der Waals surface area contributed by atoms with E-state index in [1.165, 1.54) is 6.20 Å². The monoisotopic (exact) mass is 375 g/mol. The highest BCUT2D eigenvalue weighted by Crippen LogP contribution is 2.16. The van der Waals surface area contributed by atoms with Gasteiger partial charge in [0.1, 0.15) is 11.3 Å². The van der Waals surface area contributed by atoms with E-state index in [-0.39, 0.29) is 17.5 Å². The van der Waals surface area contributed by atoms with Crippen molar-refractivity contribution in [3.05, 3.63) is 82.5 Å². The van der Waals surface area contributed by atoms with E-state index in [9.17, 15) is 9.59 Å². The largest absolute Gasteiger partial charge is 0.497 e. The van der Waals surface area contributed by atoms with Gasteiger partial charge in [0.25, 0.3) is 5.91 Å². The van der Waals surface area contributed by atoms with Crippen molar-refractivity contribution in [2.75, 3.05) is 7.11 Å². The van der Waals surface area contributed by atoms with E-state index in [2.05, 4.69) is 20.4 Å². The molecule has 0 saturated carbocycles. The third-order valence-corrected chi connectivity index (χ3v) is 4.33. The fourth-order valence-corrected chi connectivity index (χ4v) is 2.84. The van der Waals surface area contributed by atoms with Crippen molar-refractivity contribution in [1.82, 2.24) is 25.1 Å². The lowest BCUT2D eigenvalue weighted by Gasteiger charge is -2.07. The first-order valence-electron chi connectivity index (χ1n) is 8.58. The van der Waals surface area contributed by atoms with Crippen LogP contribution in [0.5, 0.6) is 5.75 Å². The van der Waals surface area contributed by atoms with Crippen molar-refractivity contribution in [3.8, 4) is 11.6 Å². The standard InChI is InChI=1S/C20H17N5O3/c1-28-14-4-5-15-17(9-14)21-12-16(19(15)26)20(27)23-11-13-3-6-18(22-10-13)25-8-2-7-24-25/h2-10,12H,11H2,1H3,(H,21,26)(H,23,27). The Morgan fingerprint density at radius 3 is 2.89 bits per heavy atom. The first kappa shape index (κ1) is 17.5. The number of carbonyl (C=O) groups excluding carboxylic acids is 1. The Balaban J connectivity index is 1.49. The average Bonchev–Trinajstić information content (AvgIpc) is 3.27. The number of hydrogen-bond acceptors (Lipinski definition) is 5. The molecule has 3 heterocycles. The summed E-state index contributed by atoms with van der Waals surface area (Å²) in [6.45, 7) is 0.255. The third-order valence-electron chi connectivity index (χ3n) is 4.33. The molecule has 0 aliphatic rings. The van der Waals surface area contributed by atoms with Crippen LogP contribution >= 0.6 is 0 Å². The Bertz CT molecular complexity index is 1180. The predicted molar refractivity (Wildman–Crippen MR) is 104 cm³/mol. The maximum atomic E-state index is 12.6. The minimum absolute atomic E-state index is 0.0544. The van der Waals surface area contributed by atoms with E-state index in [1.54, 1.807) is 48.6 Å². The quantitative estimate of drug-likeness (QED) is 0.556. The molecule has 28 heavy (non-hydrogen) atoms. The second kappa shape index (κ2) is 7.36. The molecule has 4 rings (SSSR count). The van der Waals surface area contributed by atoms with Crippen molar-refractivity contribution >= 4 is 16.8 Å². The summed E-state index contributed by atoms with van der Waals surface area (Å²) in [7, 11) is 1.55. The van der Waals surface area contributed by atoms with Gasteiger partial charge in [0.05, 0.1) is 12.6 Å². The van der Waals surface area contributed by atoms with Crippen molar-refractivity contribution in [2.45, 2.75) is 6.54 Å². The molecule has 0 bridgehead atoms. The second-order valence-corrected chi connectivity index (χ2v) is 6.10. The molecule has 8 nitrogen and oxygen atoms in total. The number of carbonyl (C=O) groups is 1. The average molecular weight is 375 g/mol.